The van der Waals surface area contributed by atoms with E-state index in [0.717, 1.165) is 12.1 Å². The molecular formula is C18H25N3O. The van der Waals surface area contributed by atoms with E-state index in [9.17, 15) is 4.79 Å². The van der Waals surface area contributed by atoms with E-state index in [1.54, 1.807) is 0 Å². The quantitative estimate of drug-likeness (QED) is 0.886. The van der Waals surface area contributed by atoms with E-state index >= 15 is 0 Å². The third kappa shape index (κ3) is 3.97. The first-order valence-electron chi connectivity index (χ1n) is 7.89. The smallest absolute Gasteiger partial charge is 0.274 e. The van der Waals surface area contributed by atoms with E-state index in [0.29, 0.717) is 24.7 Å². The van der Waals surface area contributed by atoms with Crippen molar-refractivity contribution in [3.05, 3.63) is 52.8 Å². The van der Waals surface area contributed by atoms with Crippen molar-refractivity contribution < 1.29 is 4.79 Å². The molecule has 1 N–H and O–H groups in total. The second kappa shape index (κ2) is 7.25. The highest BCUT2D eigenvalue weighted by Gasteiger charge is 2.18. The maximum absolute atomic E-state index is 12.6. The standard InChI is InChI=1S/C18H25N3O/c1-5-21(12-15-9-7-6-8-14(15)4)18(22)17-11-16(19-20-17)10-13(2)3/h6-9,11,13H,5,10,12H2,1-4H3,(H,19,20). The minimum atomic E-state index is -0.0167. The van der Waals surface area contributed by atoms with Crippen molar-refractivity contribution in [3.63, 3.8) is 0 Å². The summed E-state index contributed by atoms with van der Waals surface area (Å²) in [5.74, 6) is 0.523. The summed E-state index contributed by atoms with van der Waals surface area (Å²) >= 11 is 0. The van der Waals surface area contributed by atoms with Crippen LogP contribution in [0.15, 0.2) is 30.3 Å². The number of hydrogen-bond acceptors (Lipinski definition) is 2. The number of hydrogen-bond donors (Lipinski definition) is 1. The molecule has 1 aromatic heterocycles. The predicted molar refractivity (Wildman–Crippen MR) is 88.7 cm³/mol. The van der Waals surface area contributed by atoms with Crippen molar-refractivity contribution >= 4 is 5.91 Å². The SMILES string of the molecule is CCN(Cc1ccccc1C)C(=O)c1cc(CC(C)C)[nH]n1. The Kier molecular flexibility index (Phi) is 5.36. The number of aryl methyl sites for hydroxylation is 1. The number of nitrogens with one attached hydrogen (secondary N) is 1. The van der Waals surface area contributed by atoms with E-state index in [2.05, 4.69) is 43.1 Å². The number of aromatic amines is 1. The average Bonchev–Trinajstić information content (AvgIpc) is 2.93. The van der Waals surface area contributed by atoms with Crippen molar-refractivity contribution in [1.82, 2.24) is 15.1 Å². The molecule has 22 heavy (non-hydrogen) atoms. The van der Waals surface area contributed by atoms with Gasteiger partial charge in [-0.3, -0.25) is 9.89 Å². The van der Waals surface area contributed by atoms with Crippen molar-refractivity contribution in [3.8, 4) is 0 Å². The normalized spacial score (nSPS) is 11.0. The lowest BCUT2D eigenvalue weighted by Gasteiger charge is -2.20. The fourth-order valence-electron chi connectivity index (χ4n) is 2.50. The molecular weight excluding hydrogens is 274 g/mol. The minimum absolute atomic E-state index is 0.0167. The Morgan fingerprint density at radius 2 is 2.05 bits per heavy atom. The molecule has 0 saturated heterocycles. The van der Waals surface area contributed by atoms with Crippen molar-refractivity contribution in [2.24, 2.45) is 5.92 Å². The van der Waals surface area contributed by atoms with Crippen LogP contribution in [0.3, 0.4) is 0 Å². The zero-order chi connectivity index (χ0) is 16.1. The zero-order valence-corrected chi connectivity index (χ0v) is 13.9. The first-order valence-corrected chi connectivity index (χ1v) is 7.89. The highest BCUT2D eigenvalue weighted by molar-refractivity contribution is 5.92. The van der Waals surface area contributed by atoms with Gasteiger partial charge in [-0.2, -0.15) is 5.10 Å². The first kappa shape index (κ1) is 16.3. The van der Waals surface area contributed by atoms with Gasteiger partial charge in [-0.15, -0.1) is 0 Å². The molecule has 0 radical (unpaired) electrons. The lowest BCUT2D eigenvalue weighted by molar-refractivity contribution is 0.0746. The Morgan fingerprint density at radius 1 is 1.32 bits per heavy atom. The van der Waals surface area contributed by atoms with Crippen LogP contribution in [0.2, 0.25) is 0 Å². The zero-order valence-electron chi connectivity index (χ0n) is 13.9. The molecule has 1 heterocycles. The van der Waals surface area contributed by atoms with Gasteiger partial charge in [0.15, 0.2) is 0 Å². The molecule has 0 aliphatic rings. The molecule has 1 amide bonds. The number of amides is 1. The van der Waals surface area contributed by atoms with Crippen molar-refractivity contribution in [2.45, 2.75) is 40.7 Å². The molecule has 0 saturated carbocycles. The molecule has 0 atom stereocenters. The van der Waals surface area contributed by atoms with Gasteiger partial charge in [-0.05, 0) is 43.4 Å². The van der Waals surface area contributed by atoms with Crippen LogP contribution in [-0.2, 0) is 13.0 Å². The second-order valence-electron chi connectivity index (χ2n) is 6.12. The summed E-state index contributed by atoms with van der Waals surface area (Å²) < 4.78 is 0. The van der Waals surface area contributed by atoms with Gasteiger partial charge >= 0.3 is 0 Å². The Hall–Kier alpha value is -2.10. The summed E-state index contributed by atoms with van der Waals surface area (Å²) in [6.07, 6.45) is 0.907. The molecule has 0 unspecified atom stereocenters. The van der Waals surface area contributed by atoms with Gasteiger partial charge in [0.1, 0.15) is 5.69 Å². The van der Waals surface area contributed by atoms with Gasteiger partial charge in [-0.25, -0.2) is 0 Å². The fraction of sp³-hybridized carbons (Fsp3) is 0.444. The number of H-pyrrole nitrogens is 1. The van der Waals surface area contributed by atoms with Crippen LogP contribution >= 0.6 is 0 Å². The van der Waals surface area contributed by atoms with Crippen LogP contribution in [0.25, 0.3) is 0 Å². The third-order valence-corrected chi connectivity index (χ3v) is 3.77. The highest BCUT2D eigenvalue weighted by atomic mass is 16.2. The lowest BCUT2D eigenvalue weighted by Crippen LogP contribution is -2.30. The summed E-state index contributed by atoms with van der Waals surface area (Å²) in [5.41, 5.74) is 3.91. The second-order valence-corrected chi connectivity index (χ2v) is 6.12. The summed E-state index contributed by atoms with van der Waals surface area (Å²) in [4.78, 5) is 14.5. The maximum Gasteiger partial charge on any atom is 0.274 e. The van der Waals surface area contributed by atoms with Gasteiger partial charge in [-0.1, -0.05) is 38.1 Å². The van der Waals surface area contributed by atoms with Gasteiger partial charge < -0.3 is 4.90 Å². The fourth-order valence-corrected chi connectivity index (χ4v) is 2.50. The van der Waals surface area contributed by atoms with Crippen LogP contribution in [0.5, 0.6) is 0 Å². The van der Waals surface area contributed by atoms with Gasteiger partial charge in [0, 0.05) is 18.8 Å². The van der Waals surface area contributed by atoms with Crippen LogP contribution in [-0.4, -0.2) is 27.5 Å². The Morgan fingerprint density at radius 3 is 2.68 bits per heavy atom. The topological polar surface area (TPSA) is 49.0 Å². The van der Waals surface area contributed by atoms with Crippen molar-refractivity contribution in [2.75, 3.05) is 6.54 Å². The summed E-state index contributed by atoms with van der Waals surface area (Å²) in [5, 5.41) is 7.16. The first-order chi connectivity index (χ1) is 10.5. The predicted octanol–water partition coefficient (Wildman–Crippen LogP) is 3.58. The number of carbonyl (C=O) groups is 1. The van der Waals surface area contributed by atoms with Crippen LogP contribution < -0.4 is 0 Å². The minimum Gasteiger partial charge on any atom is -0.333 e. The van der Waals surface area contributed by atoms with Gasteiger partial charge in [0.05, 0.1) is 0 Å². The van der Waals surface area contributed by atoms with Crippen LogP contribution in [0.1, 0.15) is 48.1 Å². The largest absolute Gasteiger partial charge is 0.333 e. The van der Waals surface area contributed by atoms with Crippen molar-refractivity contribution in [1.29, 1.82) is 0 Å². The summed E-state index contributed by atoms with van der Waals surface area (Å²) in [6, 6.07) is 10.0. The lowest BCUT2D eigenvalue weighted by atomic mass is 10.1. The number of benzene rings is 1. The molecule has 4 nitrogen and oxygen atoms in total. The number of rotatable bonds is 6. The third-order valence-electron chi connectivity index (χ3n) is 3.77. The molecule has 2 rings (SSSR count). The van der Waals surface area contributed by atoms with E-state index in [-0.39, 0.29) is 5.91 Å². The number of nitrogens with zero attached hydrogens (tertiary/aromatic N) is 2. The Labute approximate surface area is 132 Å². The average molecular weight is 299 g/mol. The van der Waals surface area contributed by atoms with E-state index < -0.39 is 0 Å². The van der Waals surface area contributed by atoms with Gasteiger partial charge in [0.25, 0.3) is 5.91 Å². The molecule has 118 valence electrons. The molecule has 1 aromatic carbocycles. The Bertz CT molecular complexity index is 631. The van der Waals surface area contributed by atoms with E-state index in [1.165, 1.54) is 11.1 Å². The molecule has 2 aromatic rings. The summed E-state index contributed by atoms with van der Waals surface area (Å²) in [6.45, 7) is 9.66. The molecule has 0 aliphatic heterocycles. The molecule has 0 bridgehead atoms. The monoisotopic (exact) mass is 299 g/mol. The van der Waals surface area contributed by atoms with Crippen LogP contribution in [0.4, 0.5) is 0 Å². The number of carbonyl (C=O) groups excluding carboxylic acids is 1. The molecule has 0 aliphatic carbocycles. The van der Waals surface area contributed by atoms with Crippen LogP contribution in [0, 0.1) is 12.8 Å². The van der Waals surface area contributed by atoms with E-state index in [4.69, 9.17) is 0 Å². The Balaban J connectivity index is 2.12. The highest BCUT2D eigenvalue weighted by Crippen LogP contribution is 2.14. The molecule has 0 fully saturated rings. The number of aromatic nitrogens is 2. The molecule has 0 spiro atoms. The summed E-state index contributed by atoms with van der Waals surface area (Å²) in [7, 11) is 0. The van der Waals surface area contributed by atoms with E-state index in [1.807, 2.05) is 30.0 Å². The molecule has 4 heteroatoms. The van der Waals surface area contributed by atoms with Gasteiger partial charge in [0.2, 0.25) is 0 Å². The maximum atomic E-state index is 12.6.